The number of nitrogens with zero attached hydrogens (tertiary/aromatic N) is 1. The molecule has 0 aliphatic heterocycles. The summed E-state index contributed by atoms with van der Waals surface area (Å²) in [7, 11) is 0. The zero-order valence-corrected chi connectivity index (χ0v) is 11.7. The van der Waals surface area contributed by atoms with E-state index in [0.717, 1.165) is 22.6 Å². The summed E-state index contributed by atoms with van der Waals surface area (Å²) in [6.45, 7) is 4.02. The van der Waals surface area contributed by atoms with Gasteiger partial charge in [0.1, 0.15) is 10.5 Å². The molecule has 19 heavy (non-hydrogen) atoms. The number of aryl methyl sites for hydroxylation is 1. The SMILES string of the molecule is Cc1[nH]c(-c2cccc3ccccc23)nc(=S)c1C. The lowest BCUT2D eigenvalue weighted by atomic mass is 10.0. The van der Waals surface area contributed by atoms with Crippen LogP contribution in [0.15, 0.2) is 42.5 Å². The van der Waals surface area contributed by atoms with Crippen molar-refractivity contribution < 1.29 is 0 Å². The quantitative estimate of drug-likeness (QED) is 0.653. The van der Waals surface area contributed by atoms with Crippen LogP contribution in [0.5, 0.6) is 0 Å². The fourth-order valence-electron chi connectivity index (χ4n) is 2.20. The molecule has 3 rings (SSSR count). The van der Waals surface area contributed by atoms with Gasteiger partial charge < -0.3 is 4.98 Å². The van der Waals surface area contributed by atoms with Gasteiger partial charge in [0.05, 0.1) is 0 Å². The lowest BCUT2D eigenvalue weighted by Crippen LogP contribution is -1.96. The van der Waals surface area contributed by atoms with Crippen molar-refractivity contribution in [2.24, 2.45) is 0 Å². The van der Waals surface area contributed by atoms with E-state index in [0.29, 0.717) is 4.64 Å². The molecule has 0 unspecified atom stereocenters. The standard InChI is InChI=1S/C16H14N2S/c1-10-11(2)17-15(18-16(10)19)14-9-5-7-12-6-3-4-8-13(12)14/h3-9H,1-2H3,(H,17,18,19). The molecule has 0 amide bonds. The van der Waals surface area contributed by atoms with Gasteiger partial charge in [0.2, 0.25) is 0 Å². The minimum absolute atomic E-state index is 0.666. The highest BCUT2D eigenvalue weighted by Crippen LogP contribution is 2.26. The average Bonchev–Trinajstić information content (AvgIpc) is 2.43. The van der Waals surface area contributed by atoms with E-state index in [1.165, 1.54) is 10.8 Å². The monoisotopic (exact) mass is 266 g/mol. The van der Waals surface area contributed by atoms with Crippen molar-refractivity contribution in [1.29, 1.82) is 0 Å². The van der Waals surface area contributed by atoms with Crippen LogP contribution in [0.25, 0.3) is 22.2 Å². The van der Waals surface area contributed by atoms with Crippen LogP contribution in [-0.4, -0.2) is 9.97 Å². The van der Waals surface area contributed by atoms with Gasteiger partial charge in [-0.3, -0.25) is 0 Å². The second kappa shape index (κ2) is 4.59. The Bertz CT molecular complexity index is 813. The Labute approximate surface area is 117 Å². The van der Waals surface area contributed by atoms with Crippen molar-refractivity contribution in [2.75, 3.05) is 0 Å². The van der Waals surface area contributed by atoms with Crippen molar-refractivity contribution in [3.8, 4) is 11.4 Å². The molecule has 1 aromatic heterocycles. The first-order valence-electron chi connectivity index (χ1n) is 6.22. The van der Waals surface area contributed by atoms with E-state index in [1.807, 2.05) is 32.0 Å². The van der Waals surface area contributed by atoms with Gasteiger partial charge in [-0.1, -0.05) is 54.7 Å². The molecule has 0 fully saturated rings. The third kappa shape index (κ3) is 2.06. The third-order valence-electron chi connectivity index (χ3n) is 3.45. The lowest BCUT2D eigenvalue weighted by molar-refractivity contribution is 1.06. The van der Waals surface area contributed by atoms with Crippen molar-refractivity contribution in [1.82, 2.24) is 9.97 Å². The number of H-pyrrole nitrogens is 1. The summed E-state index contributed by atoms with van der Waals surface area (Å²) < 4.78 is 0.666. The summed E-state index contributed by atoms with van der Waals surface area (Å²) in [6.07, 6.45) is 0. The smallest absolute Gasteiger partial charge is 0.139 e. The average molecular weight is 266 g/mol. The van der Waals surface area contributed by atoms with Crippen LogP contribution in [0.3, 0.4) is 0 Å². The fourth-order valence-corrected chi connectivity index (χ4v) is 2.45. The topological polar surface area (TPSA) is 28.7 Å². The minimum atomic E-state index is 0.666. The Balaban J connectivity index is 2.34. The molecule has 0 saturated carbocycles. The highest BCUT2D eigenvalue weighted by Gasteiger charge is 2.07. The molecule has 0 bridgehead atoms. The summed E-state index contributed by atoms with van der Waals surface area (Å²) in [5.41, 5.74) is 3.20. The normalized spacial score (nSPS) is 10.8. The van der Waals surface area contributed by atoms with Gasteiger partial charge >= 0.3 is 0 Å². The van der Waals surface area contributed by atoms with E-state index in [2.05, 4.69) is 34.2 Å². The molecule has 3 aromatic rings. The number of rotatable bonds is 1. The third-order valence-corrected chi connectivity index (χ3v) is 3.84. The summed E-state index contributed by atoms with van der Waals surface area (Å²) >= 11 is 5.32. The molecule has 0 saturated heterocycles. The lowest BCUT2D eigenvalue weighted by Gasteiger charge is -2.08. The van der Waals surface area contributed by atoms with Crippen LogP contribution in [0.1, 0.15) is 11.3 Å². The van der Waals surface area contributed by atoms with E-state index in [9.17, 15) is 0 Å². The molecule has 2 nitrogen and oxygen atoms in total. The molecular formula is C16H14N2S. The number of benzene rings is 2. The molecule has 1 N–H and O–H groups in total. The van der Waals surface area contributed by atoms with Crippen LogP contribution in [-0.2, 0) is 0 Å². The number of hydrogen-bond donors (Lipinski definition) is 1. The van der Waals surface area contributed by atoms with Crippen molar-refractivity contribution >= 4 is 23.0 Å². The van der Waals surface area contributed by atoms with Gasteiger partial charge in [-0.15, -0.1) is 0 Å². The number of hydrogen-bond acceptors (Lipinski definition) is 2. The molecule has 3 heteroatoms. The van der Waals surface area contributed by atoms with E-state index in [-0.39, 0.29) is 0 Å². The Morgan fingerprint density at radius 2 is 1.74 bits per heavy atom. The van der Waals surface area contributed by atoms with E-state index < -0.39 is 0 Å². The molecule has 0 aliphatic carbocycles. The van der Waals surface area contributed by atoms with Crippen LogP contribution < -0.4 is 0 Å². The molecule has 0 atom stereocenters. The first-order chi connectivity index (χ1) is 9.16. The summed E-state index contributed by atoms with van der Waals surface area (Å²) in [4.78, 5) is 7.86. The summed E-state index contributed by atoms with van der Waals surface area (Å²) in [6, 6.07) is 14.5. The highest BCUT2D eigenvalue weighted by molar-refractivity contribution is 7.71. The van der Waals surface area contributed by atoms with Crippen molar-refractivity contribution in [3.63, 3.8) is 0 Å². The first-order valence-corrected chi connectivity index (χ1v) is 6.63. The molecule has 1 heterocycles. The van der Waals surface area contributed by atoms with Crippen LogP contribution >= 0.6 is 12.2 Å². The maximum absolute atomic E-state index is 5.32. The van der Waals surface area contributed by atoms with Gasteiger partial charge in [-0.25, -0.2) is 4.98 Å². The molecule has 0 spiro atoms. The zero-order chi connectivity index (χ0) is 13.4. The maximum atomic E-state index is 5.32. The van der Waals surface area contributed by atoms with Gasteiger partial charge in [-0.2, -0.15) is 0 Å². The predicted octanol–water partition coefficient (Wildman–Crippen LogP) is 4.58. The Morgan fingerprint density at radius 3 is 2.53 bits per heavy atom. The number of aromatic amines is 1. The van der Waals surface area contributed by atoms with Crippen LogP contribution in [0, 0.1) is 18.5 Å². The fraction of sp³-hybridized carbons (Fsp3) is 0.125. The van der Waals surface area contributed by atoms with Crippen LogP contribution in [0.4, 0.5) is 0 Å². The number of fused-ring (bicyclic) bond motifs is 1. The predicted molar refractivity (Wildman–Crippen MR) is 81.8 cm³/mol. The molecule has 2 aromatic carbocycles. The molecular weight excluding hydrogens is 252 g/mol. The van der Waals surface area contributed by atoms with Gasteiger partial charge in [0.25, 0.3) is 0 Å². The molecule has 94 valence electrons. The molecule has 0 radical (unpaired) electrons. The Kier molecular flexibility index (Phi) is 2.91. The highest BCUT2D eigenvalue weighted by atomic mass is 32.1. The Morgan fingerprint density at radius 1 is 1.00 bits per heavy atom. The van der Waals surface area contributed by atoms with Gasteiger partial charge in [-0.05, 0) is 24.6 Å². The van der Waals surface area contributed by atoms with Crippen molar-refractivity contribution in [2.45, 2.75) is 13.8 Å². The van der Waals surface area contributed by atoms with Crippen molar-refractivity contribution in [3.05, 3.63) is 58.4 Å². The van der Waals surface area contributed by atoms with Crippen LogP contribution in [0.2, 0.25) is 0 Å². The van der Waals surface area contributed by atoms with Gasteiger partial charge in [0.15, 0.2) is 0 Å². The Hall–Kier alpha value is -2.00. The largest absolute Gasteiger partial charge is 0.343 e. The molecule has 0 aliphatic rings. The zero-order valence-electron chi connectivity index (χ0n) is 10.9. The first kappa shape index (κ1) is 12.1. The summed E-state index contributed by atoms with van der Waals surface area (Å²) in [5.74, 6) is 0.838. The van der Waals surface area contributed by atoms with E-state index >= 15 is 0 Å². The number of nitrogens with one attached hydrogen (secondary N) is 1. The maximum Gasteiger partial charge on any atom is 0.139 e. The van der Waals surface area contributed by atoms with E-state index in [1.54, 1.807) is 0 Å². The minimum Gasteiger partial charge on any atom is -0.343 e. The van der Waals surface area contributed by atoms with E-state index in [4.69, 9.17) is 12.2 Å². The second-order valence-corrected chi connectivity index (χ2v) is 5.05. The number of aromatic nitrogens is 2. The summed E-state index contributed by atoms with van der Waals surface area (Å²) in [5, 5.41) is 2.39. The second-order valence-electron chi connectivity index (χ2n) is 4.67. The van der Waals surface area contributed by atoms with Gasteiger partial charge in [0, 0.05) is 16.8 Å².